The summed E-state index contributed by atoms with van der Waals surface area (Å²) in [6.45, 7) is 4.30. The summed E-state index contributed by atoms with van der Waals surface area (Å²) < 4.78 is 6.74. The SMILES string of the molecule is COc1ccc(C(C)N(C)C(=O)CCn2cnc3scc(-c4ccc(C)cc4)c3c2=O)cc1. The second kappa shape index (κ2) is 9.58. The van der Waals surface area contributed by atoms with E-state index < -0.39 is 0 Å². The van der Waals surface area contributed by atoms with Crippen LogP contribution in [0.3, 0.4) is 0 Å². The van der Waals surface area contributed by atoms with Crippen LogP contribution in [0.4, 0.5) is 0 Å². The number of benzene rings is 2. The van der Waals surface area contributed by atoms with E-state index in [0.717, 1.165) is 22.4 Å². The van der Waals surface area contributed by atoms with Gasteiger partial charge in [-0.15, -0.1) is 11.3 Å². The van der Waals surface area contributed by atoms with Gasteiger partial charge in [0.2, 0.25) is 5.91 Å². The molecule has 6 nitrogen and oxygen atoms in total. The van der Waals surface area contributed by atoms with Gasteiger partial charge < -0.3 is 9.64 Å². The van der Waals surface area contributed by atoms with Gasteiger partial charge in [-0.1, -0.05) is 42.0 Å². The standard InChI is InChI=1S/C26H27N3O3S/c1-17-5-7-20(8-6-17)22-15-33-25-24(22)26(31)29(16-27-25)14-13-23(30)28(3)18(2)19-9-11-21(32-4)12-10-19/h5-12,15-16,18H,13-14H2,1-4H3. The van der Waals surface area contributed by atoms with Gasteiger partial charge in [-0.25, -0.2) is 4.98 Å². The number of methoxy groups -OCH3 is 1. The van der Waals surface area contributed by atoms with Crippen LogP contribution < -0.4 is 10.3 Å². The number of aromatic nitrogens is 2. The minimum atomic E-state index is -0.115. The van der Waals surface area contributed by atoms with Crippen LogP contribution >= 0.6 is 11.3 Å². The highest BCUT2D eigenvalue weighted by molar-refractivity contribution is 7.17. The Morgan fingerprint density at radius 3 is 2.52 bits per heavy atom. The van der Waals surface area contributed by atoms with Crippen LogP contribution in [0.5, 0.6) is 5.75 Å². The lowest BCUT2D eigenvalue weighted by Gasteiger charge is -2.25. The molecule has 0 fully saturated rings. The van der Waals surface area contributed by atoms with E-state index in [1.54, 1.807) is 25.4 Å². The normalized spacial score (nSPS) is 12.0. The number of amides is 1. The summed E-state index contributed by atoms with van der Waals surface area (Å²) in [5.74, 6) is 0.745. The second-order valence-electron chi connectivity index (χ2n) is 8.14. The lowest BCUT2D eigenvalue weighted by atomic mass is 10.1. The smallest absolute Gasteiger partial charge is 0.262 e. The third-order valence-corrected chi connectivity index (χ3v) is 6.95. The molecule has 0 aliphatic carbocycles. The molecule has 2 aromatic heterocycles. The number of hydrogen-bond acceptors (Lipinski definition) is 5. The predicted octanol–water partition coefficient (Wildman–Crippen LogP) is 5.05. The van der Waals surface area contributed by atoms with Gasteiger partial charge >= 0.3 is 0 Å². The van der Waals surface area contributed by atoms with Crippen molar-refractivity contribution in [3.8, 4) is 16.9 Å². The van der Waals surface area contributed by atoms with Crippen molar-refractivity contribution in [1.82, 2.24) is 14.5 Å². The van der Waals surface area contributed by atoms with Crippen molar-refractivity contribution in [2.75, 3.05) is 14.2 Å². The zero-order valence-corrected chi connectivity index (χ0v) is 20.1. The van der Waals surface area contributed by atoms with E-state index in [1.165, 1.54) is 21.5 Å². The average Bonchev–Trinajstić information content (AvgIpc) is 3.28. The van der Waals surface area contributed by atoms with Crippen LogP contribution in [0.2, 0.25) is 0 Å². The van der Waals surface area contributed by atoms with Gasteiger partial charge in [0.15, 0.2) is 0 Å². The molecule has 1 unspecified atom stereocenters. The maximum atomic E-state index is 13.2. The summed E-state index contributed by atoms with van der Waals surface area (Å²) in [4.78, 5) is 33.0. The fourth-order valence-electron chi connectivity index (χ4n) is 3.79. The number of thiophene rings is 1. The van der Waals surface area contributed by atoms with E-state index in [2.05, 4.69) is 4.98 Å². The Kier molecular flexibility index (Phi) is 6.60. The zero-order valence-electron chi connectivity index (χ0n) is 19.2. The van der Waals surface area contributed by atoms with E-state index in [-0.39, 0.29) is 30.5 Å². The fourth-order valence-corrected chi connectivity index (χ4v) is 4.69. The van der Waals surface area contributed by atoms with Crippen molar-refractivity contribution >= 4 is 27.5 Å². The number of hydrogen-bond donors (Lipinski definition) is 0. The zero-order chi connectivity index (χ0) is 23.5. The molecule has 4 aromatic rings. The van der Waals surface area contributed by atoms with Crippen molar-refractivity contribution in [3.63, 3.8) is 0 Å². The first-order chi connectivity index (χ1) is 15.9. The largest absolute Gasteiger partial charge is 0.497 e. The molecule has 0 N–H and O–H groups in total. The van der Waals surface area contributed by atoms with Crippen LogP contribution in [-0.4, -0.2) is 34.5 Å². The van der Waals surface area contributed by atoms with Gasteiger partial charge in [0.25, 0.3) is 5.56 Å². The van der Waals surface area contributed by atoms with E-state index in [1.807, 2.05) is 67.8 Å². The quantitative estimate of drug-likeness (QED) is 0.386. The molecule has 0 radical (unpaired) electrons. The van der Waals surface area contributed by atoms with Crippen molar-refractivity contribution in [3.05, 3.63) is 81.7 Å². The highest BCUT2D eigenvalue weighted by Crippen LogP contribution is 2.30. The molecule has 170 valence electrons. The number of carbonyl (C=O) groups is 1. The van der Waals surface area contributed by atoms with Crippen molar-refractivity contribution < 1.29 is 9.53 Å². The number of fused-ring (bicyclic) bond motifs is 1. The second-order valence-corrected chi connectivity index (χ2v) is 9.00. The molecule has 0 saturated heterocycles. The Bertz CT molecular complexity index is 1320. The first-order valence-electron chi connectivity index (χ1n) is 10.8. The van der Waals surface area contributed by atoms with E-state index in [4.69, 9.17) is 4.74 Å². The summed E-state index contributed by atoms with van der Waals surface area (Å²) in [6.07, 6.45) is 1.76. The molecule has 0 bridgehead atoms. The van der Waals surface area contributed by atoms with Crippen molar-refractivity contribution in [2.45, 2.75) is 32.9 Å². The van der Waals surface area contributed by atoms with Gasteiger partial charge in [-0.3, -0.25) is 14.2 Å². The Balaban J connectivity index is 1.51. The van der Waals surface area contributed by atoms with E-state index in [9.17, 15) is 9.59 Å². The lowest BCUT2D eigenvalue weighted by molar-refractivity contribution is -0.132. The monoisotopic (exact) mass is 461 g/mol. The van der Waals surface area contributed by atoms with Crippen LogP contribution in [0.1, 0.15) is 30.5 Å². The number of aryl methyl sites for hydroxylation is 2. The molecule has 0 aliphatic rings. The summed E-state index contributed by atoms with van der Waals surface area (Å²) in [6, 6.07) is 15.7. The summed E-state index contributed by atoms with van der Waals surface area (Å²) in [5.41, 5.74) is 3.95. The number of ether oxygens (including phenoxy) is 1. The Labute approximate surface area is 197 Å². The van der Waals surface area contributed by atoms with Crippen molar-refractivity contribution in [2.24, 2.45) is 0 Å². The van der Waals surface area contributed by atoms with Crippen molar-refractivity contribution in [1.29, 1.82) is 0 Å². The predicted molar refractivity (Wildman–Crippen MR) is 133 cm³/mol. The Morgan fingerprint density at radius 2 is 1.85 bits per heavy atom. The molecule has 1 atom stereocenters. The van der Waals surface area contributed by atoms with Crippen LogP contribution in [0, 0.1) is 6.92 Å². The molecular formula is C26H27N3O3S. The highest BCUT2D eigenvalue weighted by atomic mass is 32.1. The molecule has 0 spiro atoms. The summed E-state index contributed by atoms with van der Waals surface area (Å²) >= 11 is 1.46. The molecule has 0 saturated carbocycles. The summed E-state index contributed by atoms with van der Waals surface area (Å²) in [5, 5.41) is 2.59. The first-order valence-corrected chi connectivity index (χ1v) is 11.7. The highest BCUT2D eigenvalue weighted by Gasteiger charge is 2.19. The Hall–Kier alpha value is -3.45. The molecule has 2 aromatic carbocycles. The number of carbonyl (C=O) groups excluding carboxylic acids is 1. The fraction of sp³-hybridized carbons (Fsp3) is 0.269. The summed E-state index contributed by atoms with van der Waals surface area (Å²) in [7, 11) is 3.41. The third kappa shape index (κ3) is 4.68. The van der Waals surface area contributed by atoms with Crippen LogP contribution in [0.15, 0.2) is 65.0 Å². The molecule has 4 rings (SSSR count). The van der Waals surface area contributed by atoms with E-state index in [0.29, 0.717) is 10.2 Å². The van der Waals surface area contributed by atoms with Gasteiger partial charge in [0, 0.05) is 31.0 Å². The number of nitrogens with zero attached hydrogens (tertiary/aromatic N) is 3. The lowest BCUT2D eigenvalue weighted by Crippen LogP contribution is -2.31. The molecule has 7 heteroatoms. The first kappa shape index (κ1) is 22.7. The van der Waals surface area contributed by atoms with Gasteiger partial charge in [0.1, 0.15) is 10.6 Å². The van der Waals surface area contributed by atoms with Crippen LogP contribution in [0.25, 0.3) is 21.3 Å². The van der Waals surface area contributed by atoms with Gasteiger partial charge in [-0.2, -0.15) is 0 Å². The topological polar surface area (TPSA) is 64.4 Å². The number of rotatable bonds is 7. The average molecular weight is 462 g/mol. The van der Waals surface area contributed by atoms with Gasteiger partial charge in [-0.05, 0) is 37.1 Å². The molecule has 33 heavy (non-hydrogen) atoms. The van der Waals surface area contributed by atoms with E-state index >= 15 is 0 Å². The van der Waals surface area contributed by atoms with Crippen LogP contribution in [-0.2, 0) is 11.3 Å². The Morgan fingerprint density at radius 1 is 1.15 bits per heavy atom. The molecule has 1 amide bonds. The third-order valence-electron chi connectivity index (χ3n) is 6.06. The molecule has 2 heterocycles. The van der Waals surface area contributed by atoms with Gasteiger partial charge in [0.05, 0.1) is 24.9 Å². The minimum absolute atomic E-state index is 0.0330. The molecular weight excluding hydrogens is 434 g/mol. The molecule has 0 aliphatic heterocycles. The maximum Gasteiger partial charge on any atom is 0.262 e. The minimum Gasteiger partial charge on any atom is -0.497 e. The maximum absolute atomic E-state index is 13.2.